The first kappa shape index (κ1) is 21.1. The Morgan fingerprint density at radius 2 is 1.62 bits per heavy atom. The minimum absolute atomic E-state index is 0.166. The average molecular weight is 391 g/mol. The van der Waals surface area contributed by atoms with E-state index in [1.54, 1.807) is 0 Å². The van der Waals surface area contributed by atoms with Gasteiger partial charge in [0.15, 0.2) is 0 Å². The fourth-order valence-electron chi connectivity index (χ4n) is 3.35. The first-order valence-corrected chi connectivity index (χ1v) is 10.7. The summed E-state index contributed by atoms with van der Waals surface area (Å²) < 4.78 is 5.72. The fourth-order valence-corrected chi connectivity index (χ4v) is 3.35. The summed E-state index contributed by atoms with van der Waals surface area (Å²) in [7, 11) is 0. The highest BCUT2D eigenvalue weighted by atomic mass is 16.5. The van der Waals surface area contributed by atoms with Crippen LogP contribution in [0.1, 0.15) is 56.1 Å². The molecule has 1 aliphatic carbocycles. The molecule has 0 aliphatic heterocycles. The first-order chi connectivity index (χ1) is 14.2. The van der Waals surface area contributed by atoms with Gasteiger partial charge in [0.1, 0.15) is 5.41 Å². The van der Waals surface area contributed by atoms with Crippen LogP contribution in [0.5, 0.6) is 0 Å². The van der Waals surface area contributed by atoms with Gasteiger partial charge in [-0.3, -0.25) is 4.79 Å². The van der Waals surface area contributed by atoms with Crippen molar-refractivity contribution in [1.82, 2.24) is 0 Å². The lowest BCUT2D eigenvalue weighted by Gasteiger charge is -2.09. The summed E-state index contributed by atoms with van der Waals surface area (Å²) in [6.45, 7) is 1.53. The van der Waals surface area contributed by atoms with Gasteiger partial charge in [-0.2, -0.15) is 5.26 Å². The van der Waals surface area contributed by atoms with Gasteiger partial charge in [0, 0.05) is 12.3 Å². The molecule has 0 bridgehead atoms. The van der Waals surface area contributed by atoms with Gasteiger partial charge in [0.05, 0.1) is 12.7 Å². The minimum Gasteiger partial charge on any atom is -0.377 e. The zero-order valence-corrected chi connectivity index (χ0v) is 17.0. The molecule has 1 fully saturated rings. The molecule has 1 N–H and O–H groups in total. The molecule has 2 aromatic rings. The molecule has 0 heterocycles. The number of carbonyl (C=O) groups excluding carboxylic acids is 1. The van der Waals surface area contributed by atoms with Crippen LogP contribution in [-0.4, -0.2) is 12.5 Å². The molecule has 0 radical (unpaired) electrons. The molecule has 4 heteroatoms. The number of aryl methyl sites for hydroxylation is 1. The van der Waals surface area contributed by atoms with Crippen molar-refractivity contribution in [3.05, 3.63) is 65.7 Å². The van der Waals surface area contributed by atoms with Crippen LogP contribution in [0.3, 0.4) is 0 Å². The standard InChI is InChI=1S/C25H30N2O2/c26-20-25(16-17-25)24(28)27-23-14-12-21(13-15-23)9-5-2-1-3-8-18-29-19-22-10-6-4-7-11-22/h4,6-7,10-15H,1-3,5,8-9,16-19H2,(H,27,28). The molecule has 1 aliphatic rings. The number of carbonyl (C=O) groups is 1. The van der Waals surface area contributed by atoms with Crippen LogP contribution in [0, 0.1) is 16.7 Å². The monoisotopic (exact) mass is 390 g/mol. The van der Waals surface area contributed by atoms with E-state index in [1.807, 2.05) is 30.3 Å². The van der Waals surface area contributed by atoms with Gasteiger partial charge in [-0.1, -0.05) is 61.7 Å². The lowest BCUT2D eigenvalue weighted by atomic mass is 10.0. The maximum Gasteiger partial charge on any atom is 0.244 e. The van der Waals surface area contributed by atoms with E-state index < -0.39 is 5.41 Å². The Morgan fingerprint density at radius 3 is 2.31 bits per heavy atom. The van der Waals surface area contributed by atoms with E-state index in [-0.39, 0.29) is 5.91 Å². The number of anilines is 1. The Labute approximate surface area is 173 Å². The number of benzene rings is 2. The Bertz CT molecular complexity index is 805. The summed E-state index contributed by atoms with van der Waals surface area (Å²) in [5, 5.41) is 11.9. The molecular formula is C25H30N2O2. The van der Waals surface area contributed by atoms with E-state index in [0.717, 1.165) is 25.1 Å². The van der Waals surface area contributed by atoms with Gasteiger partial charge in [-0.15, -0.1) is 0 Å². The summed E-state index contributed by atoms with van der Waals surface area (Å²) in [6, 6.07) is 20.4. The number of rotatable bonds is 12. The summed E-state index contributed by atoms with van der Waals surface area (Å²) in [6.07, 6.45) is 8.36. The van der Waals surface area contributed by atoms with Gasteiger partial charge >= 0.3 is 0 Å². The van der Waals surface area contributed by atoms with E-state index in [9.17, 15) is 4.79 Å². The van der Waals surface area contributed by atoms with Crippen LogP contribution < -0.4 is 5.32 Å². The van der Waals surface area contributed by atoms with E-state index in [1.165, 1.54) is 36.8 Å². The lowest BCUT2D eigenvalue weighted by Crippen LogP contribution is -2.22. The molecular weight excluding hydrogens is 360 g/mol. The van der Waals surface area contributed by atoms with Gasteiger partial charge < -0.3 is 10.1 Å². The minimum atomic E-state index is -0.773. The number of nitrogens with one attached hydrogen (secondary N) is 1. The summed E-state index contributed by atoms with van der Waals surface area (Å²) >= 11 is 0. The predicted octanol–water partition coefficient (Wildman–Crippen LogP) is 5.64. The Morgan fingerprint density at radius 1 is 0.931 bits per heavy atom. The van der Waals surface area contributed by atoms with Crippen molar-refractivity contribution in [2.24, 2.45) is 5.41 Å². The summed E-state index contributed by atoms with van der Waals surface area (Å²) in [4.78, 5) is 12.1. The molecule has 2 aromatic carbocycles. The quantitative estimate of drug-likeness (QED) is 0.477. The number of unbranched alkanes of at least 4 members (excludes halogenated alkanes) is 4. The Balaban J connectivity index is 1.22. The van der Waals surface area contributed by atoms with Crippen molar-refractivity contribution >= 4 is 11.6 Å². The second kappa shape index (κ2) is 10.8. The number of hydrogen-bond donors (Lipinski definition) is 1. The van der Waals surface area contributed by atoms with E-state index in [4.69, 9.17) is 10.00 Å². The highest BCUT2D eigenvalue weighted by Gasteiger charge is 2.50. The molecule has 0 unspecified atom stereocenters. The third-order valence-electron chi connectivity index (χ3n) is 5.48. The molecule has 0 aromatic heterocycles. The van der Waals surface area contributed by atoms with Gasteiger partial charge in [0.25, 0.3) is 0 Å². The lowest BCUT2D eigenvalue weighted by molar-refractivity contribution is -0.119. The number of nitriles is 1. The summed E-state index contributed by atoms with van der Waals surface area (Å²) in [5.74, 6) is -0.166. The van der Waals surface area contributed by atoms with Crippen LogP contribution in [0.25, 0.3) is 0 Å². The van der Waals surface area contributed by atoms with E-state index >= 15 is 0 Å². The van der Waals surface area contributed by atoms with Gasteiger partial charge in [-0.05, 0) is 55.4 Å². The average Bonchev–Trinajstić information content (AvgIpc) is 3.56. The van der Waals surface area contributed by atoms with Crippen molar-refractivity contribution in [3.63, 3.8) is 0 Å². The van der Waals surface area contributed by atoms with Gasteiger partial charge in [-0.25, -0.2) is 0 Å². The SMILES string of the molecule is N#CC1(C(=O)Nc2ccc(CCCCCCCOCc3ccccc3)cc2)CC1. The van der Waals surface area contributed by atoms with Crippen molar-refractivity contribution in [1.29, 1.82) is 5.26 Å². The molecule has 0 saturated heterocycles. The van der Waals surface area contributed by atoms with Crippen LogP contribution in [-0.2, 0) is 22.6 Å². The van der Waals surface area contributed by atoms with Gasteiger partial charge in [0.2, 0.25) is 5.91 Å². The largest absolute Gasteiger partial charge is 0.377 e. The predicted molar refractivity (Wildman–Crippen MR) is 115 cm³/mol. The van der Waals surface area contributed by atoms with Crippen LogP contribution in [0.4, 0.5) is 5.69 Å². The number of amides is 1. The normalized spacial score (nSPS) is 14.2. The van der Waals surface area contributed by atoms with Crippen LogP contribution >= 0.6 is 0 Å². The van der Waals surface area contributed by atoms with E-state index in [2.05, 4.69) is 35.7 Å². The summed E-state index contributed by atoms with van der Waals surface area (Å²) in [5.41, 5.74) is 2.52. The third-order valence-corrected chi connectivity index (χ3v) is 5.48. The maximum atomic E-state index is 12.1. The van der Waals surface area contributed by atoms with E-state index in [0.29, 0.717) is 19.4 Å². The fraction of sp³-hybridized carbons (Fsp3) is 0.440. The topological polar surface area (TPSA) is 62.1 Å². The number of hydrogen-bond acceptors (Lipinski definition) is 3. The number of ether oxygens (including phenoxy) is 1. The molecule has 1 amide bonds. The second-order valence-corrected chi connectivity index (χ2v) is 7.90. The van der Waals surface area contributed by atoms with Crippen molar-refractivity contribution in [3.8, 4) is 6.07 Å². The molecule has 29 heavy (non-hydrogen) atoms. The maximum absolute atomic E-state index is 12.1. The highest BCUT2D eigenvalue weighted by Crippen LogP contribution is 2.45. The smallest absolute Gasteiger partial charge is 0.244 e. The third kappa shape index (κ3) is 6.73. The molecule has 0 atom stereocenters. The van der Waals surface area contributed by atoms with Crippen LogP contribution in [0.15, 0.2) is 54.6 Å². The molecule has 4 nitrogen and oxygen atoms in total. The number of nitrogens with zero attached hydrogens (tertiary/aromatic N) is 1. The molecule has 3 rings (SSSR count). The zero-order valence-electron chi connectivity index (χ0n) is 17.0. The van der Waals surface area contributed by atoms with Crippen molar-refractivity contribution in [2.45, 2.75) is 58.0 Å². The molecule has 1 saturated carbocycles. The second-order valence-electron chi connectivity index (χ2n) is 7.90. The Kier molecular flexibility index (Phi) is 7.84. The zero-order chi connectivity index (χ0) is 20.4. The van der Waals surface area contributed by atoms with Crippen molar-refractivity contribution < 1.29 is 9.53 Å². The van der Waals surface area contributed by atoms with Crippen molar-refractivity contribution in [2.75, 3.05) is 11.9 Å². The molecule has 152 valence electrons. The van der Waals surface area contributed by atoms with Crippen LogP contribution in [0.2, 0.25) is 0 Å². The highest BCUT2D eigenvalue weighted by molar-refractivity contribution is 5.99. The first-order valence-electron chi connectivity index (χ1n) is 10.7. The Hall–Kier alpha value is -2.64. The molecule has 0 spiro atoms.